The number of rotatable bonds is 5. The molecule has 0 rings (SSSR count). The van der Waals surface area contributed by atoms with Crippen molar-refractivity contribution in [2.45, 2.75) is 0 Å². The van der Waals surface area contributed by atoms with Gasteiger partial charge >= 0.3 is 0 Å². The van der Waals surface area contributed by atoms with Gasteiger partial charge in [0.25, 0.3) is 0 Å². The maximum Gasteiger partial charge on any atom is 0.0543 e. The lowest BCUT2D eigenvalue weighted by Crippen LogP contribution is -1.77. The van der Waals surface area contributed by atoms with Crippen LogP contribution in [-0.2, 0) is 0 Å². The molecule has 9 heavy (non-hydrogen) atoms. The van der Waals surface area contributed by atoms with Crippen LogP contribution >= 0.6 is 21.6 Å². The summed E-state index contributed by atoms with van der Waals surface area (Å²) in [7, 11) is 3.12. The Morgan fingerprint density at radius 3 is 2.67 bits per heavy atom. The Morgan fingerprint density at radius 2 is 2.11 bits per heavy atom. The van der Waals surface area contributed by atoms with Crippen molar-refractivity contribution in [1.29, 1.82) is 5.41 Å². The molecule has 0 aliphatic carbocycles. The fraction of sp³-hybridized carbons (Fsp3) is 0.500. The van der Waals surface area contributed by atoms with Crippen molar-refractivity contribution in [3.8, 4) is 0 Å². The highest BCUT2D eigenvalue weighted by Crippen LogP contribution is 2.17. The molecule has 5 heteroatoms. The Morgan fingerprint density at radius 1 is 1.44 bits per heavy atom. The van der Waals surface area contributed by atoms with Gasteiger partial charge in [-0.2, -0.15) is 0 Å². The lowest BCUT2D eigenvalue weighted by molar-refractivity contribution is 0.321. The highest BCUT2D eigenvalue weighted by molar-refractivity contribution is 8.77. The lowest BCUT2D eigenvalue weighted by Gasteiger charge is -1.88. The summed E-state index contributed by atoms with van der Waals surface area (Å²) in [5.41, 5.74) is 0. The SMILES string of the molecule is N=CCSSC/C=N/O. The van der Waals surface area contributed by atoms with Crippen LogP contribution in [0.25, 0.3) is 0 Å². The van der Waals surface area contributed by atoms with Crippen LogP contribution in [0.1, 0.15) is 0 Å². The molecule has 0 heterocycles. The summed E-state index contributed by atoms with van der Waals surface area (Å²) in [6.45, 7) is 0. The van der Waals surface area contributed by atoms with E-state index in [0.29, 0.717) is 11.5 Å². The Labute approximate surface area is 61.8 Å². The van der Waals surface area contributed by atoms with Gasteiger partial charge in [0.1, 0.15) is 0 Å². The predicted molar refractivity (Wildman–Crippen MR) is 44.0 cm³/mol. The summed E-state index contributed by atoms with van der Waals surface area (Å²) in [4.78, 5) is 0. The minimum Gasteiger partial charge on any atom is -0.411 e. The van der Waals surface area contributed by atoms with Crippen molar-refractivity contribution >= 4 is 34.0 Å². The molecule has 0 bridgehead atoms. The van der Waals surface area contributed by atoms with Gasteiger partial charge in [0, 0.05) is 17.7 Å². The van der Waals surface area contributed by atoms with Crippen LogP contribution in [0.2, 0.25) is 0 Å². The Bertz CT molecular complexity index is 96.6. The van der Waals surface area contributed by atoms with E-state index < -0.39 is 0 Å². The molecular weight excluding hydrogens is 156 g/mol. The third-order valence-electron chi connectivity index (χ3n) is 0.459. The van der Waals surface area contributed by atoms with Gasteiger partial charge in [-0.1, -0.05) is 21.6 Å². The summed E-state index contributed by atoms with van der Waals surface area (Å²) < 4.78 is 0. The zero-order valence-corrected chi connectivity index (χ0v) is 6.41. The summed E-state index contributed by atoms with van der Waals surface area (Å²) in [6, 6.07) is 0. The van der Waals surface area contributed by atoms with Crippen LogP contribution in [0.4, 0.5) is 0 Å². The smallest absolute Gasteiger partial charge is 0.0543 e. The largest absolute Gasteiger partial charge is 0.411 e. The molecule has 2 N–H and O–H groups in total. The zero-order chi connectivity index (χ0) is 6.95. The van der Waals surface area contributed by atoms with E-state index in [4.69, 9.17) is 10.6 Å². The van der Waals surface area contributed by atoms with Gasteiger partial charge < -0.3 is 10.6 Å². The van der Waals surface area contributed by atoms with E-state index in [2.05, 4.69) is 5.16 Å². The molecule has 0 aliphatic rings. The van der Waals surface area contributed by atoms with Crippen LogP contribution in [0.15, 0.2) is 5.16 Å². The minimum atomic E-state index is 0.689. The molecule has 52 valence electrons. The van der Waals surface area contributed by atoms with Crippen LogP contribution < -0.4 is 0 Å². The maximum atomic E-state index is 7.92. The first-order valence-electron chi connectivity index (χ1n) is 2.31. The second kappa shape index (κ2) is 7.84. The number of nitrogens with zero attached hydrogens (tertiary/aromatic N) is 1. The normalized spacial score (nSPS) is 10.2. The number of nitrogens with one attached hydrogen (secondary N) is 1. The third kappa shape index (κ3) is 7.84. The summed E-state index contributed by atoms with van der Waals surface area (Å²) >= 11 is 0. The molecule has 0 aromatic rings. The second-order valence-electron chi connectivity index (χ2n) is 1.07. The summed E-state index contributed by atoms with van der Waals surface area (Å²) in [5.74, 6) is 1.40. The highest BCUT2D eigenvalue weighted by atomic mass is 33.1. The number of hydrogen-bond acceptors (Lipinski definition) is 5. The van der Waals surface area contributed by atoms with Gasteiger partial charge in [0.2, 0.25) is 0 Å². The van der Waals surface area contributed by atoms with Gasteiger partial charge in [0.05, 0.1) is 6.21 Å². The van der Waals surface area contributed by atoms with E-state index in [1.807, 2.05) is 0 Å². The lowest BCUT2D eigenvalue weighted by atomic mass is 10.9. The number of oxime groups is 1. The van der Waals surface area contributed by atoms with Gasteiger partial charge in [0.15, 0.2) is 0 Å². The molecular formula is C4H8N2OS2. The second-order valence-corrected chi connectivity index (χ2v) is 3.62. The standard InChI is InChI=1S/C4H8N2OS2/c5-1-3-8-9-4-2-6-7/h1-2,5,7H,3-4H2/b5-1?,6-2+. The average Bonchev–Trinajstić information content (AvgIpc) is 1.89. The van der Waals surface area contributed by atoms with E-state index in [-0.39, 0.29) is 0 Å². The van der Waals surface area contributed by atoms with E-state index >= 15 is 0 Å². The fourth-order valence-electron chi connectivity index (χ4n) is 0.194. The first-order valence-corrected chi connectivity index (χ1v) is 4.80. The van der Waals surface area contributed by atoms with Crippen molar-refractivity contribution in [3.05, 3.63) is 0 Å². The molecule has 0 spiro atoms. The minimum absolute atomic E-state index is 0.689. The quantitative estimate of drug-likeness (QED) is 0.213. The molecule has 0 saturated carbocycles. The Balaban J connectivity index is 2.82. The highest BCUT2D eigenvalue weighted by Gasteiger charge is 1.82. The average molecular weight is 164 g/mol. The first-order chi connectivity index (χ1) is 4.41. The van der Waals surface area contributed by atoms with E-state index in [9.17, 15) is 0 Å². The van der Waals surface area contributed by atoms with E-state index in [1.165, 1.54) is 12.4 Å². The summed E-state index contributed by atoms with van der Waals surface area (Å²) in [5, 5.41) is 17.4. The van der Waals surface area contributed by atoms with E-state index in [0.717, 1.165) is 0 Å². The number of hydrogen-bond donors (Lipinski definition) is 2. The Hall–Kier alpha value is -0.160. The Kier molecular flexibility index (Phi) is 7.70. The molecule has 0 aromatic carbocycles. The van der Waals surface area contributed by atoms with E-state index in [1.54, 1.807) is 21.6 Å². The van der Waals surface area contributed by atoms with Gasteiger partial charge in [-0.3, -0.25) is 0 Å². The van der Waals surface area contributed by atoms with Crippen molar-refractivity contribution in [2.24, 2.45) is 5.16 Å². The van der Waals surface area contributed by atoms with Crippen LogP contribution in [0, 0.1) is 5.41 Å². The van der Waals surface area contributed by atoms with Crippen LogP contribution in [0.3, 0.4) is 0 Å². The molecule has 0 fully saturated rings. The molecule has 0 atom stereocenters. The molecule has 3 nitrogen and oxygen atoms in total. The van der Waals surface area contributed by atoms with Crippen LogP contribution in [-0.4, -0.2) is 29.1 Å². The molecule has 0 aliphatic heterocycles. The first kappa shape index (κ1) is 8.84. The van der Waals surface area contributed by atoms with Crippen LogP contribution in [0.5, 0.6) is 0 Å². The van der Waals surface area contributed by atoms with Crippen molar-refractivity contribution in [1.82, 2.24) is 0 Å². The molecule has 0 radical (unpaired) electrons. The van der Waals surface area contributed by atoms with Gasteiger partial charge in [-0.15, -0.1) is 5.16 Å². The molecule has 0 aromatic heterocycles. The summed E-state index contributed by atoms with van der Waals surface area (Å²) in [6.07, 6.45) is 2.76. The predicted octanol–water partition coefficient (Wildman–Crippen LogP) is 1.48. The third-order valence-corrected chi connectivity index (χ3v) is 2.53. The van der Waals surface area contributed by atoms with Crippen molar-refractivity contribution < 1.29 is 5.21 Å². The zero-order valence-electron chi connectivity index (χ0n) is 4.78. The van der Waals surface area contributed by atoms with Gasteiger partial charge in [-0.05, 0) is 0 Å². The topological polar surface area (TPSA) is 56.4 Å². The van der Waals surface area contributed by atoms with Crippen molar-refractivity contribution in [3.63, 3.8) is 0 Å². The van der Waals surface area contributed by atoms with Crippen molar-refractivity contribution in [2.75, 3.05) is 11.5 Å². The monoisotopic (exact) mass is 164 g/mol. The van der Waals surface area contributed by atoms with Gasteiger partial charge in [-0.25, -0.2) is 0 Å². The maximum absolute atomic E-state index is 7.92. The fourth-order valence-corrected chi connectivity index (χ4v) is 1.55. The molecule has 0 unspecified atom stereocenters. The molecule has 0 amide bonds. The molecule has 0 saturated heterocycles.